The zero-order valence-electron chi connectivity index (χ0n) is 20.6. The molecule has 0 aromatic carbocycles. The van der Waals surface area contributed by atoms with Crippen molar-refractivity contribution in [2.24, 2.45) is 28.6 Å². The molecule has 3 saturated carbocycles. The number of aliphatic hydroxyl groups is 2. The van der Waals surface area contributed by atoms with E-state index in [2.05, 4.69) is 5.32 Å². The molecule has 0 bridgehead atoms. The number of carbonyl (C=O) groups is 3. The first-order valence-electron chi connectivity index (χ1n) is 12.2. The summed E-state index contributed by atoms with van der Waals surface area (Å²) in [7, 11) is 0. The highest BCUT2D eigenvalue weighted by molar-refractivity contribution is 6.01. The van der Waals surface area contributed by atoms with Gasteiger partial charge in [0, 0.05) is 28.7 Å². The molecule has 8 heteroatoms. The van der Waals surface area contributed by atoms with Gasteiger partial charge in [-0.15, -0.1) is 0 Å². The maximum Gasteiger partial charge on any atom is 0.408 e. The lowest BCUT2D eigenvalue weighted by Crippen LogP contribution is -2.70. The van der Waals surface area contributed by atoms with Crippen LogP contribution in [0.1, 0.15) is 60.3 Å². The third kappa shape index (κ3) is 3.03. The highest BCUT2D eigenvalue weighted by Crippen LogP contribution is 2.71. The summed E-state index contributed by atoms with van der Waals surface area (Å²) in [6.07, 6.45) is 3.41. The van der Waals surface area contributed by atoms with Crippen LogP contribution >= 0.6 is 0 Å². The molecule has 188 valence electrons. The lowest BCUT2D eigenvalue weighted by Gasteiger charge is -2.62. The minimum Gasteiger partial charge on any atom is -0.434 e. The fourth-order valence-electron chi connectivity index (χ4n) is 7.93. The quantitative estimate of drug-likeness (QED) is 0.574. The van der Waals surface area contributed by atoms with Crippen LogP contribution in [0.15, 0.2) is 23.8 Å². The molecule has 0 saturated heterocycles. The van der Waals surface area contributed by atoms with Crippen LogP contribution in [0.5, 0.6) is 0 Å². The number of nitrogens with one attached hydrogen (secondary N) is 1. The lowest BCUT2D eigenvalue weighted by molar-refractivity contribution is -0.219. The van der Waals surface area contributed by atoms with Crippen molar-refractivity contribution in [3.63, 3.8) is 0 Å². The number of Topliss-reactive ketones (excluding diaryl/α,β-unsaturated/α-hetero) is 1. The molecular formula is C26H36FNO6. The van der Waals surface area contributed by atoms with Crippen LogP contribution in [0.3, 0.4) is 0 Å². The molecule has 4 rings (SSSR count). The van der Waals surface area contributed by atoms with Crippen molar-refractivity contribution < 1.29 is 33.7 Å². The number of halogens is 1. The summed E-state index contributed by atoms with van der Waals surface area (Å²) in [5.41, 5.74) is -5.28. The molecule has 8 atom stereocenters. The zero-order valence-corrected chi connectivity index (χ0v) is 20.6. The van der Waals surface area contributed by atoms with E-state index in [0.29, 0.717) is 24.8 Å². The molecule has 0 radical (unpaired) electrons. The van der Waals surface area contributed by atoms with Crippen molar-refractivity contribution in [3.8, 4) is 0 Å². The maximum absolute atomic E-state index is 17.3. The molecule has 4 aliphatic carbocycles. The smallest absolute Gasteiger partial charge is 0.408 e. The molecule has 4 aliphatic rings. The van der Waals surface area contributed by atoms with E-state index in [1.165, 1.54) is 12.2 Å². The monoisotopic (exact) mass is 477 g/mol. The van der Waals surface area contributed by atoms with Gasteiger partial charge in [0.2, 0.25) is 5.78 Å². The minimum atomic E-state index is -2.04. The predicted molar refractivity (Wildman–Crippen MR) is 122 cm³/mol. The molecule has 3 fully saturated rings. The Morgan fingerprint density at radius 1 is 1.29 bits per heavy atom. The van der Waals surface area contributed by atoms with Gasteiger partial charge in [-0.25, -0.2) is 9.18 Å². The van der Waals surface area contributed by atoms with E-state index in [4.69, 9.17) is 4.74 Å². The SMILES string of the molecule is CC(C)NC(=O)O[C@]1(C(=O)CO)[C@@H](C)C[C@H]2[C@@H]3CCC4=CC(=O)C=C[C@]4(C)[C@@]3(F)[C@@H](O)C[C@@]21C. The predicted octanol–water partition coefficient (Wildman–Crippen LogP) is 3.04. The first kappa shape index (κ1) is 25.0. The number of rotatable bonds is 4. The number of alkyl halides is 1. The maximum atomic E-state index is 17.3. The third-order valence-corrected chi connectivity index (χ3v) is 9.40. The number of amides is 1. The van der Waals surface area contributed by atoms with Crippen LogP contribution in [0.25, 0.3) is 0 Å². The van der Waals surface area contributed by atoms with Crippen molar-refractivity contribution >= 4 is 17.7 Å². The minimum absolute atomic E-state index is 0.111. The Hall–Kier alpha value is -2.06. The molecule has 3 N–H and O–H groups in total. The van der Waals surface area contributed by atoms with Gasteiger partial charge >= 0.3 is 6.09 Å². The van der Waals surface area contributed by atoms with Crippen molar-refractivity contribution in [2.45, 2.75) is 83.7 Å². The second-order valence-corrected chi connectivity index (χ2v) is 11.4. The van der Waals surface area contributed by atoms with Crippen molar-refractivity contribution in [3.05, 3.63) is 23.8 Å². The molecule has 0 heterocycles. The van der Waals surface area contributed by atoms with E-state index in [9.17, 15) is 24.6 Å². The summed E-state index contributed by atoms with van der Waals surface area (Å²) < 4.78 is 23.1. The zero-order chi connectivity index (χ0) is 25.3. The Labute approximate surface area is 199 Å². The number of alkyl carbamates (subject to hydrolysis) is 1. The molecule has 0 unspecified atom stereocenters. The Bertz CT molecular complexity index is 976. The first-order valence-corrected chi connectivity index (χ1v) is 12.2. The van der Waals surface area contributed by atoms with Gasteiger partial charge in [-0.2, -0.15) is 0 Å². The van der Waals surface area contributed by atoms with Crippen LogP contribution in [0, 0.1) is 28.6 Å². The topological polar surface area (TPSA) is 113 Å². The summed E-state index contributed by atoms with van der Waals surface area (Å²) in [6, 6.07) is -0.228. The number of aliphatic hydroxyl groups excluding tert-OH is 2. The van der Waals surface area contributed by atoms with Gasteiger partial charge in [0.1, 0.15) is 6.61 Å². The molecule has 0 aromatic rings. The summed E-state index contributed by atoms with van der Waals surface area (Å²) in [4.78, 5) is 38.0. The normalized spacial score (nSPS) is 45.2. The van der Waals surface area contributed by atoms with Gasteiger partial charge in [-0.05, 0) is 64.5 Å². The molecule has 0 spiro atoms. The highest BCUT2D eigenvalue weighted by atomic mass is 19.1. The van der Waals surface area contributed by atoms with Crippen LogP contribution in [-0.4, -0.2) is 57.9 Å². The summed E-state index contributed by atoms with van der Waals surface area (Å²) in [5.74, 6) is -2.29. The van der Waals surface area contributed by atoms with Gasteiger partial charge in [-0.1, -0.05) is 25.5 Å². The van der Waals surface area contributed by atoms with E-state index in [1.807, 2.05) is 0 Å². The van der Waals surface area contributed by atoms with E-state index in [-0.39, 0.29) is 24.2 Å². The number of hydrogen-bond acceptors (Lipinski definition) is 6. The standard InChI is InChI=1S/C26H36FNO6/c1-14(2)28-22(33)34-26(21(32)13-29)15(3)10-19-18-7-6-16-11-17(30)8-9-23(16,4)25(18,27)20(31)12-24(19,26)5/h8-9,11,14-15,18-20,29,31H,6-7,10,12-13H2,1-5H3,(H,28,33)/t15-,18-,19-,20-,23-,24-,25-,26-/m0/s1. The van der Waals surface area contributed by atoms with Crippen LogP contribution < -0.4 is 5.32 Å². The summed E-state index contributed by atoms with van der Waals surface area (Å²) >= 11 is 0. The lowest BCUT2D eigenvalue weighted by atomic mass is 9.44. The van der Waals surface area contributed by atoms with Gasteiger partial charge in [-0.3, -0.25) is 9.59 Å². The second-order valence-electron chi connectivity index (χ2n) is 11.4. The second kappa shape index (κ2) is 7.98. The fraction of sp³-hybridized carbons (Fsp3) is 0.731. The van der Waals surface area contributed by atoms with Crippen molar-refractivity contribution in [1.29, 1.82) is 0 Å². The van der Waals surface area contributed by atoms with Crippen LogP contribution in [0.2, 0.25) is 0 Å². The van der Waals surface area contributed by atoms with Gasteiger partial charge in [0.05, 0.1) is 6.10 Å². The van der Waals surface area contributed by atoms with E-state index in [1.54, 1.807) is 40.7 Å². The fourth-order valence-corrected chi connectivity index (χ4v) is 7.93. The van der Waals surface area contributed by atoms with Gasteiger partial charge < -0.3 is 20.3 Å². The summed E-state index contributed by atoms with van der Waals surface area (Å²) in [5, 5.41) is 24.0. The number of ketones is 2. The molecule has 1 amide bonds. The molecular weight excluding hydrogens is 441 g/mol. The van der Waals surface area contributed by atoms with Crippen LogP contribution in [-0.2, 0) is 14.3 Å². The largest absolute Gasteiger partial charge is 0.434 e. The Balaban J connectivity index is 1.81. The van der Waals surface area contributed by atoms with E-state index < -0.39 is 58.5 Å². The molecule has 0 aromatic heterocycles. The van der Waals surface area contributed by atoms with E-state index >= 15 is 4.39 Å². The number of ether oxygens (including phenoxy) is 1. The highest BCUT2D eigenvalue weighted by Gasteiger charge is 2.77. The van der Waals surface area contributed by atoms with Gasteiger partial charge in [0.15, 0.2) is 17.1 Å². The third-order valence-electron chi connectivity index (χ3n) is 9.40. The molecule has 0 aliphatic heterocycles. The van der Waals surface area contributed by atoms with Crippen molar-refractivity contribution in [2.75, 3.05) is 6.61 Å². The molecule has 7 nitrogen and oxygen atoms in total. The number of fused-ring (bicyclic) bond motifs is 5. The average molecular weight is 478 g/mol. The van der Waals surface area contributed by atoms with Crippen LogP contribution in [0.4, 0.5) is 9.18 Å². The van der Waals surface area contributed by atoms with E-state index in [0.717, 1.165) is 0 Å². The Morgan fingerprint density at radius 3 is 2.59 bits per heavy atom. The number of allylic oxidation sites excluding steroid dienone is 4. The number of carbonyl (C=O) groups excluding carboxylic acids is 3. The Morgan fingerprint density at radius 2 is 1.97 bits per heavy atom. The average Bonchev–Trinajstić information content (AvgIpc) is 2.96. The summed E-state index contributed by atoms with van der Waals surface area (Å²) in [6.45, 7) is 8.02. The Kier molecular flexibility index (Phi) is 5.88. The first-order chi connectivity index (χ1) is 15.8. The number of hydrogen-bond donors (Lipinski definition) is 3. The molecule has 34 heavy (non-hydrogen) atoms. The van der Waals surface area contributed by atoms with Gasteiger partial charge in [0.25, 0.3) is 0 Å². The van der Waals surface area contributed by atoms with Crippen molar-refractivity contribution in [1.82, 2.24) is 5.32 Å².